The van der Waals surface area contributed by atoms with Gasteiger partial charge >= 0.3 is 0 Å². The van der Waals surface area contributed by atoms with Crippen LogP contribution in [0.4, 0.5) is 5.69 Å². The molecule has 1 fully saturated rings. The van der Waals surface area contributed by atoms with E-state index in [1.165, 1.54) is 0 Å². The van der Waals surface area contributed by atoms with Crippen LogP contribution in [0.2, 0.25) is 10.0 Å². The molecule has 2 aliphatic heterocycles. The summed E-state index contributed by atoms with van der Waals surface area (Å²) in [5, 5.41) is 8.44. The molecule has 1 aromatic heterocycles. The van der Waals surface area contributed by atoms with E-state index in [0.717, 1.165) is 11.1 Å². The number of amides is 2. The average molecular weight is 607 g/mol. The Bertz CT molecular complexity index is 1700. The summed E-state index contributed by atoms with van der Waals surface area (Å²) < 4.78 is 19.3. The van der Waals surface area contributed by atoms with Crippen molar-refractivity contribution in [2.75, 3.05) is 32.2 Å². The van der Waals surface area contributed by atoms with Crippen molar-refractivity contribution in [2.45, 2.75) is 26.0 Å². The summed E-state index contributed by atoms with van der Waals surface area (Å²) in [5.74, 6) is 0.953. The zero-order valence-electron chi connectivity index (χ0n) is 23.2. The minimum atomic E-state index is -0.514. The van der Waals surface area contributed by atoms with E-state index in [-0.39, 0.29) is 18.2 Å². The molecule has 9 nitrogen and oxygen atoms in total. The largest absolute Gasteiger partial charge is 0.496 e. The molecular formula is C31H28Cl2N4O5. The third-order valence-electron chi connectivity index (χ3n) is 7.50. The minimum absolute atomic E-state index is 0.129. The summed E-state index contributed by atoms with van der Waals surface area (Å²) in [6.45, 7) is 5.39. The molecule has 216 valence electrons. The predicted molar refractivity (Wildman–Crippen MR) is 161 cm³/mol. The normalized spacial score (nSPS) is 15.3. The third-order valence-corrected chi connectivity index (χ3v) is 7.93. The lowest BCUT2D eigenvalue weighted by Crippen LogP contribution is -2.55. The van der Waals surface area contributed by atoms with Crippen LogP contribution in [-0.4, -0.2) is 59.4 Å². The summed E-state index contributed by atoms with van der Waals surface area (Å²) >= 11 is 12.8. The Morgan fingerprint density at radius 1 is 1.10 bits per heavy atom. The molecule has 0 saturated carbocycles. The highest BCUT2D eigenvalue weighted by Crippen LogP contribution is 2.46. The van der Waals surface area contributed by atoms with Gasteiger partial charge in [0.15, 0.2) is 5.69 Å². The van der Waals surface area contributed by atoms with Crippen LogP contribution < -0.4 is 14.8 Å². The summed E-state index contributed by atoms with van der Waals surface area (Å²) in [4.78, 5) is 27.0. The first-order chi connectivity index (χ1) is 20.2. The Morgan fingerprint density at radius 2 is 1.88 bits per heavy atom. The SMILES string of the molecule is COc1cc2c(cc1-c1cccc(NC=O)c1)-c1c(c(C(=O)N3CCOCC3(C)C)nn1-c1cc(Cl)cc(Cl)c1)CO2. The highest BCUT2D eigenvalue weighted by atomic mass is 35.5. The van der Waals surface area contributed by atoms with Gasteiger partial charge in [0.1, 0.15) is 18.1 Å². The lowest BCUT2D eigenvalue weighted by molar-refractivity contribution is -0.105. The van der Waals surface area contributed by atoms with Gasteiger partial charge in [0.25, 0.3) is 5.91 Å². The van der Waals surface area contributed by atoms with E-state index < -0.39 is 5.54 Å². The van der Waals surface area contributed by atoms with E-state index in [4.69, 9.17) is 42.5 Å². The number of hydrogen-bond acceptors (Lipinski definition) is 6. The molecule has 4 aromatic rings. The summed E-state index contributed by atoms with van der Waals surface area (Å²) in [6.07, 6.45) is 0.631. The lowest BCUT2D eigenvalue weighted by Gasteiger charge is -2.41. The molecule has 11 heteroatoms. The molecule has 3 heterocycles. The maximum atomic E-state index is 14.1. The van der Waals surface area contributed by atoms with Crippen LogP contribution in [0.5, 0.6) is 11.5 Å². The number of halogens is 2. The summed E-state index contributed by atoms with van der Waals surface area (Å²) in [7, 11) is 1.59. The Kier molecular flexibility index (Phi) is 7.34. The molecule has 1 N–H and O–H groups in total. The summed E-state index contributed by atoms with van der Waals surface area (Å²) in [6, 6.07) is 16.3. The van der Waals surface area contributed by atoms with Gasteiger partial charge in [-0.2, -0.15) is 5.10 Å². The number of aromatic nitrogens is 2. The maximum absolute atomic E-state index is 14.1. The van der Waals surface area contributed by atoms with Gasteiger partial charge in [-0.3, -0.25) is 9.59 Å². The number of rotatable bonds is 6. The zero-order chi connectivity index (χ0) is 29.6. The van der Waals surface area contributed by atoms with E-state index in [1.54, 1.807) is 41.0 Å². The first kappa shape index (κ1) is 28.1. The topological polar surface area (TPSA) is 94.9 Å². The number of morpholine rings is 1. The van der Waals surface area contributed by atoms with Crippen molar-refractivity contribution >= 4 is 41.2 Å². The van der Waals surface area contributed by atoms with Crippen LogP contribution in [0.25, 0.3) is 28.1 Å². The number of ether oxygens (including phenoxy) is 3. The second kappa shape index (κ2) is 11.0. The van der Waals surface area contributed by atoms with Gasteiger partial charge in [-0.15, -0.1) is 0 Å². The predicted octanol–water partition coefficient (Wildman–Crippen LogP) is 6.23. The second-order valence-electron chi connectivity index (χ2n) is 10.7. The van der Waals surface area contributed by atoms with Crippen LogP contribution in [0, 0.1) is 0 Å². The molecule has 3 aromatic carbocycles. The molecule has 42 heavy (non-hydrogen) atoms. The van der Waals surface area contributed by atoms with Crippen LogP contribution in [-0.2, 0) is 16.1 Å². The minimum Gasteiger partial charge on any atom is -0.496 e. The van der Waals surface area contributed by atoms with Crippen molar-refractivity contribution in [1.29, 1.82) is 0 Å². The van der Waals surface area contributed by atoms with Gasteiger partial charge in [0, 0.05) is 45.0 Å². The van der Waals surface area contributed by atoms with Crippen LogP contribution in [0.3, 0.4) is 0 Å². The fraction of sp³-hybridized carbons (Fsp3) is 0.258. The number of fused-ring (bicyclic) bond motifs is 3. The quantitative estimate of drug-likeness (QED) is 0.261. The summed E-state index contributed by atoms with van der Waals surface area (Å²) in [5.41, 5.74) is 4.65. The second-order valence-corrected chi connectivity index (χ2v) is 11.6. The van der Waals surface area contributed by atoms with E-state index in [0.29, 0.717) is 75.9 Å². The van der Waals surface area contributed by atoms with Crippen molar-refractivity contribution in [1.82, 2.24) is 14.7 Å². The standard InChI is InChI=1S/C31H28Cl2N4O5/c1-31(2)16-41-8-7-36(31)30(39)28-25-15-42-27-14-26(40-3)23(18-5-4-6-21(9-18)34-17-38)13-24(27)29(25)37(35-28)22-11-19(32)10-20(33)12-22/h4-6,9-14,17H,7-8,15-16H2,1-3H3,(H,34,38). The fourth-order valence-corrected chi connectivity index (χ4v) is 6.02. The van der Waals surface area contributed by atoms with Crippen molar-refractivity contribution in [2.24, 2.45) is 0 Å². The average Bonchev–Trinajstić information content (AvgIpc) is 3.36. The number of nitrogens with zero attached hydrogens (tertiary/aromatic N) is 3. The zero-order valence-corrected chi connectivity index (χ0v) is 24.8. The maximum Gasteiger partial charge on any atom is 0.275 e. The molecule has 0 aliphatic carbocycles. The van der Waals surface area contributed by atoms with Gasteiger partial charge < -0.3 is 24.4 Å². The van der Waals surface area contributed by atoms with Gasteiger partial charge in [-0.1, -0.05) is 35.3 Å². The Balaban J connectivity index is 1.58. The monoisotopic (exact) mass is 606 g/mol. The molecule has 6 rings (SSSR count). The molecule has 0 spiro atoms. The number of methoxy groups -OCH3 is 1. The van der Waals surface area contributed by atoms with Crippen molar-refractivity contribution in [3.05, 3.63) is 75.9 Å². The Morgan fingerprint density at radius 3 is 2.60 bits per heavy atom. The highest BCUT2D eigenvalue weighted by molar-refractivity contribution is 6.34. The molecular weight excluding hydrogens is 579 g/mol. The Labute approximate surface area is 252 Å². The first-order valence-corrected chi connectivity index (χ1v) is 14.1. The van der Waals surface area contributed by atoms with Gasteiger partial charge in [0.05, 0.1) is 37.2 Å². The molecule has 0 atom stereocenters. The lowest BCUT2D eigenvalue weighted by atomic mass is 9.95. The van der Waals surface area contributed by atoms with E-state index in [2.05, 4.69) is 5.32 Å². The van der Waals surface area contributed by atoms with Crippen LogP contribution >= 0.6 is 23.2 Å². The number of benzene rings is 3. The number of carbonyl (C=O) groups is 2. The van der Waals surface area contributed by atoms with Crippen LogP contribution in [0.15, 0.2) is 54.6 Å². The Hall–Kier alpha value is -4.05. The van der Waals surface area contributed by atoms with E-state index >= 15 is 0 Å². The number of nitrogens with one attached hydrogen (secondary N) is 1. The molecule has 0 bridgehead atoms. The van der Waals surface area contributed by atoms with Gasteiger partial charge in [-0.05, 0) is 55.8 Å². The van der Waals surface area contributed by atoms with Gasteiger partial charge in [-0.25, -0.2) is 4.68 Å². The van der Waals surface area contributed by atoms with E-state index in [9.17, 15) is 9.59 Å². The molecule has 2 amide bonds. The van der Waals surface area contributed by atoms with Crippen molar-refractivity contribution in [3.63, 3.8) is 0 Å². The molecule has 2 aliphatic rings. The van der Waals surface area contributed by atoms with E-state index in [1.807, 2.05) is 44.2 Å². The van der Waals surface area contributed by atoms with Crippen LogP contribution in [0.1, 0.15) is 29.9 Å². The molecule has 0 unspecified atom stereocenters. The van der Waals surface area contributed by atoms with Crippen molar-refractivity contribution in [3.8, 4) is 39.6 Å². The number of hydrogen-bond donors (Lipinski definition) is 1. The highest BCUT2D eigenvalue weighted by Gasteiger charge is 2.39. The fourth-order valence-electron chi connectivity index (χ4n) is 5.50. The molecule has 0 radical (unpaired) electrons. The smallest absolute Gasteiger partial charge is 0.275 e. The first-order valence-electron chi connectivity index (χ1n) is 13.3. The number of anilines is 1. The third kappa shape index (κ3) is 4.98. The van der Waals surface area contributed by atoms with Gasteiger partial charge in [0.2, 0.25) is 6.41 Å². The number of carbonyl (C=O) groups excluding carboxylic acids is 2. The van der Waals surface area contributed by atoms with Crippen molar-refractivity contribution < 1.29 is 23.8 Å². The molecule has 1 saturated heterocycles.